The number of thioether (sulfide) groups is 1. The highest BCUT2D eigenvalue weighted by Gasteiger charge is 2.49. The molecule has 2 aliphatic heterocycles. The van der Waals surface area contributed by atoms with Crippen LogP contribution in [0.15, 0.2) is 35.3 Å². The van der Waals surface area contributed by atoms with Crippen molar-refractivity contribution in [3.8, 4) is 0 Å². The minimum Gasteiger partial charge on any atom is -0.444 e. The molecule has 28 heavy (non-hydrogen) atoms. The summed E-state index contributed by atoms with van der Waals surface area (Å²) >= 11 is 1.29. The lowest BCUT2D eigenvalue weighted by molar-refractivity contribution is -0.117. The van der Waals surface area contributed by atoms with Gasteiger partial charge in [0, 0.05) is 10.9 Å². The average Bonchev–Trinajstić information content (AvgIpc) is 3.03. The average molecular weight is 426 g/mol. The second-order valence-corrected chi connectivity index (χ2v) is 11.0. The van der Waals surface area contributed by atoms with Crippen LogP contribution in [0.5, 0.6) is 0 Å². The van der Waals surface area contributed by atoms with Crippen molar-refractivity contribution in [1.29, 1.82) is 0 Å². The molecule has 1 aromatic rings. The van der Waals surface area contributed by atoms with E-state index in [2.05, 4.69) is 10.3 Å². The van der Waals surface area contributed by atoms with E-state index in [4.69, 9.17) is 4.74 Å². The SMILES string of the molecule is CC(C)(C)OC(=O)NCC(=O)N=C1S[C@@H]2CS(=O)(=O)C[C@@H]2N1c1ccccc1. The molecule has 0 aromatic heterocycles. The van der Waals surface area contributed by atoms with Crippen LogP contribution in [0.2, 0.25) is 0 Å². The van der Waals surface area contributed by atoms with Crippen LogP contribution in [0, 0.1) is 0 Å². The standard InChI is InChI=1S/C18H23N3O5S2/c1-18(2,3)26-17(23)19-9-15(22)20-16-21(12-7-5-4-6-8-12)13-10-28(24,25)11-14(13)27-16/h4-8,13-14H,9-11H2,1-3H3,(H,19,23)/t13-,14+/m0/s1. The minimum atomic E-state index is -3.11. The molecule has 152 valence electrons. The number of para-hydroxylation sites is 1. The maximum absolute atomic E-state index is 12.3. The highest BCUT2D eigenvalue weighted by molar-refractivity contribution is 8.16. The number of carbonyl (C=O) groups is 2. The Morgan fingerprint density at radius 1 is 1.25 bits per heavy atom. The first-order chi connectivity index (χ1) is 13.0. The first kappa shape index (κ1) is 20.7. The van der Waals surface area contributed by atoms with E-state index in [1.807, 2.05) is 35.2 Å². The number of benzene rings is 1. The summed E-state index contributed by atoms with van der Waals surface area (Å²) in [5.74, 6) is -0.435. The lowest BCUT2D eigenvalue weighted by Gasteiger charge is -2.24. The molecule has 0 unspecified atom stereocenters. The Morgan fingerprint density at radius 2 is 1.93 bits per heavy atom. The molecule has 0 aliphatic carbocycles. The van der Waals surface area contributed by atoms with Gasteiger partial charge in [-0.25, -0.2) is 13.2 Å². The van der Waals surface area contributed by atoms with Crippen molar-refractivity contribution in [2.75, 3.05) is 23.0 Å². The number of aliphatic imine (C=N–C) groups is 1. The number of anilines is 1. The minimum absolute atomic E-state index is 0.0307. The molecule has 2 aliphatic rings. The maximum atomic E-state index is 12.3. The fraction of sp³-hybridized carbons (Fsp3) is 0.500. The van der Waals surface area contributed by atoms with Gasteiger partial charge >= 0.3 is 6.09 Å². The van der Waals surface area contributed by atoms with Gasteiger partial charge in [-0.3, -0.25) is 4.79 Å². The van der Waals surface area contributed by atoms with Gasteiger partial charge in [-0.05, 0) is 32.9 Å². The number of hydrogen-bond donors (Lipinski definition) is 1. The predicted molar refractivity (Wildman–Crippen MR) is 109 cm³/mol. The van der Waals surface area contributed by atoms with Crippen molar-refractivity contribution < 1.29 is 22.7 Å². The summed E-state index contributed by atoms with van der Waals surface area (Å²) in [4.78, 5) is 29.9. The smallest absolute Gasteiger partial charge is 0.408 e. The summed E-state index contributed by atoms with van der Waals surface area (Å²) in [7, 11) is -3.11. The van der Waals surface area contributed by atoms with E-state index >= 15 is 0 Å². The number of amides is 2. The zero-order valence-electron chi connectivity index (χ0n) is 15.9. The van der Waals surface area contributed by atoms with Crippen molar-refractivity contribution in [1.82, 2.24) is 5.32 Å². The van der Waals surface area contributed by atoms with E-state index in [-0.39, 0.29) is 29.3 Å². The third kappa shape index (κ3) is 5.05. The van der Waals surface area contributed by atoms with Crippen LogP contribution in [0.25, 0.3) is 0 Å². The van der Waals surface area contributed by atoms with Crippen molar-refractivity contribution >= 4 is 44.5 Å². The lowest BCUT2D eigenvalue weighted by atomic mass is 10.2. The third-order valence-corrected chi connectivity index (χ3v) is 7.31. The number of carbonyl (C=O) groups excluding carboxylic acids is 2. The van der Waals surface area contributed by atoms with Gasteiger partial charge in [-0.2, -0.15) is 4.99 Å². The van der Waals surface area contributed by atoms with Crippen molar-refractivity contribution in [3.63, 3.8) is 0 Å². The molecule has 1 aromatic carbocycles. The van der Waals surface area contributed by atoms with E-state index in [1.165, 1.54) is 11.8 Å². The molecule has 2 saturated heterocycles. The van der Waals surface area contributed by atoms with Crippen molar-refractivity contribution in [3.05, 3.63) is 30.3 Å². The molecule has 8 nitrogen and oxygen atoms in total. The van der Waals surface area contributed by atoms with Crippen LogP contribution >= 0.6 is 11.8 Å². The third-order valence-electron chi connectivity index (χ3n) is 4.10. The Labute approximate surface area is 168 Å². The van der Waals surface area contributed by atoms with E-state index in [0.29, 0.717) is 5.17 Å². The fourth-order valence-electron chi connectivity index (χ4n) is 3.06. The number of alkyl carbamates (subject to hydrolysis) is 1. The second kappa shape index (κ2) is 7.75. The van der Waals surface area contributed by atoms with Crippen LogP contribution in [0.3, 0.4) is 0 Å². The molecule has 0 radical (unpaired) electrons. The van der Waals surface area contributed by atoms with Crippen LogP contribution in [0.4, 0.5) is 10.5 Å². The lowest BCUT2D eigenvalue weighted by Crippen LogP contribution is -2.38. The molecule has 2 fully saturated rings. The highest BCUT2D eigenvalue weighted by atomic mass is 32.2. The quantitative estimate of drug-likeness (QED) is 0.787. The summed E-state index contributed by atoms with van der Waals surface area (Å²) < 4.78 is 29.2. The summed E-state index contributed by atoms with van der Waals surface area (Å²) in [5.41, 5.74) is 0.124. The van der Waals surface area contributed by atoms with Gasteiger partial charge in [-0.15, -0.1) is 0 Å². The monoisotopic (exact) mass is 425 g/mol. The Kier molecular flexibility index (Phi) is 5.72. The Morgan fingerprint density at radius 3 is 2.57 bits per heavy atom. The van der Waals surface area contributed by atoms with Gasteiger partial charge in [-0.1, -0.05) is 30.0 Å². The number of hydrogen-bond acceptors (Lipinski definition) is 6. The van der Waals surface area contributed by atoms with Crippen molar-refractivity contribution in [2.24, 2.45) is 4.99 Å². The molecular weight excluding hydrogens is 402 g/mol. The van der Waals surface area contributed by atoms with Gasteiger partial charge in [0.05, 0.1) is 17.5 Å². The maximum Gasteiger partial charge on any atom is 0.408 e. The van der Waals surface area contributed by atoms with E-state index in [0.717, 1.165) is 5.69 Å². The number of fused-ring (bicyclic) bond motifs is 1. The summed E-state index contributed by atoms with van der Waals surface area (Å²) in [5, 5.41) is 2.67. The van der Waals surface area contributed by atoms with Crippen LogP contribution in [-0.2, 0) is 19.4 Å². The van der Waals surface area contributed by atoms with Gasteiger partial charge in [0.25, 0.3) is 5.91 Å². The number of sulfone groups is 1. The van der Waals surface area contributed by atoms with Crippen LogP contribution in [-0.4, -0.2) is 60.5 Å². The molecular formula is C18H23N3O5S2. The Balaban J connectivity index is 1.74. The van der Waals surface area contributed by atoms with E-state index in [1.54, 1.807) is 20.8 Å². The van der Waals surface area contributed by atoms with Gasteiger partial charge in [0.2, 0.25) is 0 Å². The molecule has 3 rings (SSSR count). The summed E-state index contributed by atoms with van der Waals surface area (Å²) in [6, 6.07) is 9.01. The van der Waals surface area contributed by atoms with E-state index in [9.17, 15) is 18.0 Å². The zero-order valence-corrected chi connectivity index (χ0v) is 17.5. The normalized spacial score (nSPS) is 24.8. The Hall–Kier alpha value is -2.07. The zero-order chi connectivity index (χ0) is 20.5. The van der Waals surface area contributed by atoms with E-state index < -0.39 is 27.4 Å². The highest BCUT2D eigenvalue weighted by Crippen LogP contribution is 2.40. The Bertz CT molecular complexity index is 894. The second-order valence-electron chi connectivity index (χ2n) is 7.65. The predicted octanol–water partition coefficient (Wildman–Crippen LogP) is 1.81. The summed E-state index contributed by atoms with van der Waals surface area (Å²) in [6.07, 6.45) is -0.692. The molecule has 1 N–H and O–H groups in total. The number of amidine groups is 1. The van der Waals surface area contributed by atoms with Gasteiger partial charge in [0.15, 0.2) is 15.0 Å². The molecule has 0 saturated carbocycles. The number of nitrogens with one attached hydrogen (secondary N) is 1. The van der Waals surface area contributed by atoms with Crippen molar-refractivity contribution in [2.45, 2.75) is 37.7 Å². The number of rotatable bonds is 3. The first-order valence-electron chi connectivity index (χ1n) is 8.84. The molecule has 0 spiro atoms. The van der Waals surface area contributed by atoms with Gasteiger partial charge < -0.3 is 15.0 Å². The largest absolute Gasteiger partial charge is 0.444 e. The van der Waals surface area contributed by atoms with Gasteiger partial charge in [0.1, 0.15) is 12.1 Å². The summed E-state index contributed by atoms with van der Waals surface area (Å²) in [6.45, 7) is 4.90. The number of ether oxygens (including phenoxy) is 1. The number of nitrogens with zero attached hydrogens (tertiary/aromatic N) is 2. The molecule has 2 atom stereocenters. The topological polar surface area (TPSA) is 105 Å². The molecule has 0 bridgehead atoms. The van der Waals surface area contributed by atoms with Crippen LogP contribution < -0.4 is 10.2 Å². The molecule has 2 heterocycles. The first-order valence-corrected chi connectivity index (χ1v) is 11.5. The fourth-order valence-corrected chi connectivity index (χ4v) is 6.99. The van der Waals surface area contributed by atoms with Crippen LogP contribution in [0.1, 0.15) is 20.8 Å². The molecule has 2 amide bonds. The molecule has 10 heteroatoms.